The van der Waals surface area contributed by atoms with Crippen LogP contribution in [0.3, 0.4) is 0 Å². The number of hydrogen-bond donors (Lipinski definition) is 1. The second-order valence-electron chi connectivity index (χ2n) is 7.47. The summed E-state index contributed by atoms with van der Waals surface area (Å²) >= 11 is 0. The number of fused-ring (bicyclic) bond motifs is 2. The van der Waals surface area contributed by atoms with Crippen molar-refractivity contribution in [2.24, 2.45) is 0 Å². The molecule has 0 aliphatic carbocycles. The lowest BCUT2D eigenvalue weighted by Crippen LogP contribution is -2.39. The SMILES string of the molecule is O=C(CN1CCCC(c2nc3ccccc3o2)C1)Nc1ccc2c(c1)OC(F)(F)O2. The predicted molar refractivity (Wildman–Crippen MR) is 104 cm³/mol. The summed E-state index contributed by atoms with van der Waals surface area (Å²) in [5.41, 5.74) is 1.96. The molecule has 1 amide bonds. The summed E-state index contributed by atoms with van der Waals surface area (Å²) in [6.45, 7) is 1.63. The van der Waals surface area contributed by atoms with Crippen molar-refractivity contribution in [1.82, 2.24) is 9.88 Å². The maximum Gasteiger partial charge on any atom is 0.586 e. The molecule has 0 saturated carbocycles. The molecule has 0 radical (unpaired) electrons. The van der Waals surface area contributed by atoms with Crippen molar-refractivity contribution in [3.05, 3.63) is 48.4 Å². The number of carbonyl (C=O) groups excluding carboxylic acids is 1. The molecule has 3 aromatic rings. The molecule has 0 spiro atoms. The third kappa shape index (κ3) is 3.80. The topological polar surface area (TPSA) is 76.8 Å². The molecule has 9 heteroatoms. The molecule has 3 heterocycles. The average Bonchev–Trinajstić information content (AvgIpc) is 3.27. The number of oxazole rings is 1. The van der Waals surface area contributed by atoms with Crippen molar-refractivity contribution in [2.75, 3.05) is 25.0 Å². The van der Waals surface area contributed by atoms with Crippen LogP contribution in [0.25, 0.3) is 11.1 Å². The molecule has 2 aliphatic heterocycles. The number of anilines is 1. The number of hydrogen-bond acceptors (Lipinski definition) is 6. The number of rotatable bonds is 4. The first-order valence-corrected chi connectivity index (χ1v) is 9.73. The van der Waals surface area contributed by atoms with E-state index in [1.165, 1.54) is 18.2 Å². The van der Waals surface area contributed by atoms with Crippen LogP contribution in [-0.2, 0) is 4.79 Å². The van der Waals surface area contributed by atoms with Crippen LogP contribution in [-0.4, -0.2) is 41.7 Å². The zero-order valence-electron chi connectivity index (χ0n) is 15.9. The zero-order valence-corrected chi connectivity index (χ0v) is 15.9. The van der Waals surface area contributed by atoms with E-state index in [1.807, 2.05) is 29.2 Å². The van der Waals surface area contributed by atoms with Crippen molar-refractivity contribution in [3.63, 3.8) is 0 Å². The fraction of sp³-hybridized carbons (Fsp3) is 0.333. The lowest BCUT2D eigenvalue weighted by molar-refractivity contribution is -0.286. The van der Waals surface area contributed by atoms with Gasteiger partial charge in [0.25, 0.3) is 0 Å². The Labute approximate surface area is 170 Å². The van der Waals surface area contributed by atoms with Gasteiger partial charge in [0, 0.05) is 24.2 Å². The second kappa shape index (κ2) is 7.24. The molecule has 5 rings (SSSR count). The number of ether oxygens (including phenoxy) is 2. The van der Waals surface area contributed by atoms with Gasteiger partial charge < -0.3 is 19.2 Å². The Kier molecular flexibility index (Phi) is 4.54. The van der Waals surface area contributed by atoms with E-state index < -0.39 is 6.29 Å². The standard InChI is InChI=1S/C21H19F2N3O4/c22-21(23)29-17-8-7-14(10-18(17)30-21)24-19(27)12-26-9-3-4-13(11-26)20-25-15-5-1-2-6-16(15)28-20/h1-2,5-8,10,13H,3-4,9,11-12H2,(H,24,27). The van der Waals surface area contributed by atoms with E-state index >= 15 is 0 Å². The van der Waals surface area contributed by atoms with Gasteiger partial charge in [-0.15, -0.1) is 8.78 Å². The molecule has 1 saturated heterocycles. The zero-order chi connectivity index (χ0) is 20.7. The lowest BCUT2D eigenvalue weighted by Gasteiger charge is -2.30. The fourth-order valence-electron chi connectivity index (χ4n) is 3.90. The Hall–Kier alpha value is -3.20. The highest BCUT2D eigenvalue weighted by molar-refractivity contribution is 5.92. The van der Waals surface area contributed by atoms with Gasteiger partial charge in [-0.05, 0) is 43.7 Å². The van der Waals surface area contributed by atoms with Gasteiger partial charge in [0.05, 0.1) is 6.54 Å². The van der Waals surface area contributed by atoms with Gasteiger partial charge >= 0.3 is 6.29 Å². The van der Waals surface area contributed by atoms with E-state index in [4.69, 9.17) is 4.42 Å². The average molecular weight is 415 g/mol. The van der Waals surface area contributed by atoms with E-state index in [2.05, 4.69) is 19.8 Å². The Morgan fingerprint density at radius 1 is 1.20 bits per heavy atom. The minimum atomic E-state index is -3.68. The number of alkyl halides is 2. The number of nitrogens with one attached hydrogen (secondary N) is 1. The molecule has 1 aromatic heterocycles. The lowest BCUT2D eigenvalue weighted by atomic mass is 9.98. The van der Waals surface area contributed by atoms with Crippen molar-refractivity contribution < 1.29 is 27.5 Å². The van der Waals surface area contributed by atoms with Crippen LogP contribution in [0.2, 0.25) is 0 Å². The van der Waals surface area contributed by atoms with E-state index in [0.717, 1.165) is 30.5 Å². The van der Waals surface area contributed by atoms with Crippen molar-refractivity contribution >= 4 is 22.7 Å². The number of amides is 1. The fourth-order valence-corrected chi connectivity index (χ4v) is 3.90. The maximum absolute atomic E-state index is 13.1. The summed E-state index contributed by atoms with van der Waals surface area (Å²) in [5, 5.41) is 2.72. The normalized spacial score (nSPS) is 20.4. The summed E-state index contributed by atoms with van der Waals surface area (Å²) < 4.78 is 40.9. The Bertz CT molecular complexity index is 1070. The molecule has 2 aromatic carbocycles. The number of likely N-dealkylation sites (tertiary alicyclic amines) is 1. The number of halogens is 2. The number of para-hydroxylation sites is 2. The second-order valence-corrected chi connectivity index (χ2v) is 7.47. The molecule has 1 fully saturated rings. The summed E-state index contributed by atoms with van der Waals surface area (Å²) in [7, 11) is 0. The molecule has 1 N–H and O–H groups in total. The van der Waals surface area contributed by atoms with Crippen molar-refractivity contribution in [2.45, 2.75) is 25.1 Å². The van der Waals surface area contributed by atoms with E-state index in [-0.39, 0.29) is 29.9 Å². The largest absolute Gasteiger partial charge is 0.586 e. The van der Waals surface area contributed by atoms with Gasteiger partial charge in [-0.1, -0.05) is 12.1 Å². The molecule has 156 valence electrons. The van der Waals surface area contributed by atoms with Crippen LogP contribution in [0, 0.1) is 0 Å². The molecule has 7 nitrogen and oxygen atoms in total. The highest BCUT2D eigenvalue weighted by Crippen LogP contribution is 2.42. The third-order valence-electron chi connectivity index (χ3n) is 5.22. The Balaban J connectivity index is 1.21. The van der Waals surface area contributed by atoms with E-state index in [9.17, 15) is 13.6 Å². The minimum Gasteiger partial charge on any atom is -0.440 e. The highest BCUT2D eigenvalue weighted by atomic mass is 19.3. The summed E-state index contributed by atoms with van der Waals surface area (Å²) in [5.74, 6) is 0.408. The highest BCUT2D eigenvalue weighted by Gasteiger charge is 2.43. The molecule has 30 heavy (non-hydrogen) atoms. The molecular formula is C21H19F2N3O4. The van der Waals surface area contributed by atoms with E-state index in [0.29, 0.717) is 18.1 Å². The van der Waals surface area contributed by atoms with E-state index in [1.54, 1.807) is 0 Å². The van der Waals surface area contributed by atoms with Gasteiger partial charge in [-0.25, -0.2) is 4.98 Å². The van der Waals surface area contributed by atoms with Gasteiger partial charge in [0.2, 0.25) is 5.91 Å². The summed E-state index contributed by atoms with van der Waals surface area (Å²) in [4.78, 5) is 19.1. The van der Waals surface area contributed by atoms with Crippen molar-refractivity contribution in [3.8, 4) is 11.5 Å². The Morgan fingerprint density at radius 3 is 2.90 bits per heavy atom. The van der Waals surface area contributed by atoms with Gasteiger partial charge in [0.15, 0.2) is 23.0 Å². The number of piperidine rings is 1. The molecule has 1 atom stereocenters. The smallest absolute Gasteiger partial charge is 0.440 e. The van der Waals surface area contributed by atoms with Crippen LogP contribution in [0.1, 0.15) is 24.7 Å². The number of carbonyl (C=O) groups is 1. The first-order valence-electron chi connectivity index (χ1n) is 9.73. The van der Waals surface area contributed by atoms with Crippen LogP contribution in [0.15, 0.2) is 46.9 Å². The number of aromatic nitrogens is 1. The van der Waals surface area contributed by atoms with Crippen LogP contribution >= 0.6 is 0 Å². The van der Waals surface area contributed by atoms with Gasteiger partial charge in [0.1, 0.15) is 5.52 Å². The molecule has 2 aliphatic rings. The third-order valence-corrected chi connectivity index (χ3v) is 5.22. The van der Waals surface area contributed by atoms with Crippen LogP contribution in [0.4, 0.5) is 14.5 Å². The monoisotopic (exact) mass is 415 g/mol. The first-order chi connectivity index (χ1) is 14.4. The number of nitrogens with zero attached hydrogens (tertiary/aromatic N) is 2. The first kappa shape index (κ1) is 18.8. The number of benzene rings is 2. The minimum absolute atomic E-state index is 0.0600. The quantitative estimate of drug-likeness (QED) is 0.695. The van der Waals surface area contributed by atoms with Gasteiger partial charge in [-0.3, -0.25) is 9.69 Å². The van der Waals surface area contributed by atoms with Crippen LogP contribution in [0.5, 0.6) is 11.5 Å². The summed E-state index contributed by atoms with van der Waals surface area (Å²) in [6.07, 6.45) is -1.81. The van der Waals surface area contributed by atoms with Gasteiger partial charge in [-0.2, -0.15) is 0 Å². The Morgan fingerprint density at radius 2 is 2.03 bits per heavy atom. The predicted octanol–water partition coefficient (Wildman–Crippen LogP) is 3.97. The molecule has 0 bridgehead atoms. The van der Waals surface area contributed by atoms with Crippen LogP contribution < -0.4 is 14.8 Å². The summed E-state index contributed by atoms with van der Waals surface area (Å²) in [6, 6.07) is 11.8. The molecule has 1 unspecified atom stereocenters. The van der Waals surface area contributed by atoms with Crippen molar-refractivity contribution in [1.29, 1.82) is 0 Å². The maximum atomic E-state index is 13.1. The molecular weight excluding hydrogens is 396 g/mol.